The van der Waals surface area contributed by atoms with Gasteiger partial charge in [-0.15, -0.1) is 10.2 Å². The van der Waals surface area contributed by atoms with Crippen molar-refractivity contribution < 1.29 is 4.42 Å². The Hall–Kier alpha value is -1.88. The number of hydrogen-bond donors (Lipinski definition) is 0. The predicted octanol–water partition coefficient (Wildman–Crippen LogP) is 4.17. The molecule has 2 fully saturated rings. The summed E-state index contributed by atoms with van der Waals surface area (Å²) in [6, 6.07) is 8.27. The van der Waals surface area contributed by atoms with E-state index in [-0.39, 0.29) is 0 Å². The van der Waals surface area contributed by atoms with E-state index in [1.165, 1.54) is 44.3 Å². The molecule has 1 aliphatic heterocycles. The van der Waals surface area contributed by atoms with Crippen LogP contribution in [0.3, 0.4) is 0 Å². The Morgan fingerprint density at radius 2 is 1.81 bits per heavy atom. The zero-order valence-electron chi connectivity index (χ0n) is 16.0. The van der Waals surface area contributed by atoms with E-state index < -0.39 is 0 Å². The van der Waals surface area contributed by atoms with Gasteiger partial charge in [-0.3, -0.25) is 0 Å². The summed E-state index contributed by atoms with van der Waals surface area (Å²) in [4.78, 5) is 4.69. The molecule has 0 spiro atoms. The largest absolute Gasteiger partial charge is 0.420 e. The van der Waals surface area contributed by atoms with Gasteiger partial charge in [0.2, 0.25) is 11.8 Å². The summed E-state index contributed by atoms with van der Waals surface area (Å²) in [5.41, 5.74) is 2.16. The number of benzene rings is 1. The van der Waals surface area contributed by atoms with Crippen molar-refractivity contribution in [1.29, 1.82) is 0 Å². The van der Waals surface area contributed by atoms with E-state index in [0.29, 0.717) is 11.8 Å². The van der Waals surface area contributed by atoms with Crippen LogP contribution >= 0.6 is 0 Å². The van der Waals surface area contributed by atoms with Crippen molar-refractivity contribution in [1.82, 2.24) is 15.1 Å². The summed E-state index contributed by atoms with van der Waals surface area (Å²) in [5, 5.41) is 8.66. The van der Waals surface area contributed by atoms with Crippen molar-refractivity contribution in [2.75, 3.05) is 38.6 Å². The van der Waals surface area contributed by atoms with Gasteiger partial charge >= 0.3 is 0 Å². The average Bonchev–Trinajstić information content (AvgIpc) is 3.32. The van der Waals surface area contributed by atoms with Crippen molar-refractivity contribution in [3.05, 3.63) is 30.2 Å². The monoisotopic (exact) mass is 354 g/mol. The van der Waals surface area contributed by atoms with E-state index in [9.17, 15) is 0 Å². The van der Waals surface area contributed by atoms with Crippen LogP contribution in [0.5, 0.6) is 0 Å². The van der Waals surface area contributed by atoms with Gasteiger partial charge < -0.3 is 14.2 Å². The van der Waals surface area contributed by atoms with Crippen LogP contribution in [-0.2, 0) is 0 Å². The molecule has 2 heterocycles. The quantitative estimate of drug-likeness (QED) is 0.806. The number of likely N-dealkylation sites (tertiary alicyclic amines) is 1. The van der Waals surface area contributed by atoms with Crippen molar-refractivity contribution in [2.45, 2.75) is 44.4 Å². The minimum absolute atomic E-state index is 0.390. The molecule has 5 heteroatoms. The first-order valence-corrected chi connectivity index (χ1v) is 10.0. The molecule has 0 amide bonds. The lowest BCUT2D eigenvalue weighted by Crippen LogP contribution is -2.28. The molecule has 0 bridgehead atoms. The van der Waals surface area contributed by atoms with Gasteiger partial charge in [-0.2, -0.15) is 0 Å². The van der Waals surface area contributed by atoms with Crippen molar-refractivity contribution in [3.8, 4) is 11.5 Å². The second-order valence-corrected chi connectivity index (χ2v) is 8.14. The maximum atomic E-state index is 6.03. The molecule has 2 aromatic rings. The van der Waals surface area contributed by atoms with Gasteiger partial charge in [-0.1, -0.05) is 19.3 Å². The Morgan fingerprint density at radius 3 is 2.54 bits per heavy atom. The Kier molecular flexibility index (Phi) is 5.25. The first-order valence-electron chi connectivity index (χ1n) is 10.0. The highest BCUT2D eigenvalue weighted by Crippen LogP contribution is 2.31. The van der Waals surface area contributed by atoms with Gasteiger partial charge in [0, 0.05) is 38.4 Å². The number of aromatic nitrogens is 2. The third-order valence-corrected chi connectivity index (χ3v) is 5.93. The van der Waals surface area contributed by atoms with E-state index >= 15 is 0 Å². The van der Waals surface area contributed by atoms with Gasteiger partial charge in [0.05, 0.1) is 5.92 Å². The molecule has 0 unspecified atom stereocenters. The van der Waals surface area contributed by atoms with Gasteiger partial charge in [0.15, 0.2) is 0 Å². The van der Waals surface area contributed by atoms with Crippen LogP contribution in [0.25, 0.3) is 11.5 Å². The fraction of sp³-hybridized carbons (Fsp3) is 0.619. The molecular formula is C21H30N4O. The lowest BCUT2D eigenvalue weighted by molar-refractivity contribution is 0.230. The molecule has 2 aliphatic rings. The Bertz CT molecular complexity index is 703. The van der Waals surface area contributed by atoms with Gasteiger partial charge in [0.1, 0.15) is 0 Å². The van der Waals surface area contributed by atoms with Crippen LogP contribution in [0.2, 0.25) is 0 Å². The predicted molar refractivity (Wildman–Crippen MR) is 104 cm³/mol. The van der Waals surface area contributed by atoms with E-state index in [4.69, 9.17) is 4.42 Å². The smallest absolute Gasteiger partial charge is 0.247 e. The van der Waals surface area contributed by atoms with Gasteiger partial charge in [-0.25, -0.2) is 0 Å². The molecule has 0 radical (unpaired) electrons. The number of rotatable bonds is 5. The maximum Gasteiger partial charge on any atom is 0.247 e. The molecule has 0 N–H and O–H groups in total. The first kappa shape index (κ1) is 17.5. The summed E-state index contributed by atoms with van der Waals surface area (Å²) in [6.07, 6.45) is 8.22. The van der Waals surface area contributed by atoms with Crippen molar-refractivity contribution in [2.24, 2.45) is 5.92 Å². The van der Waals surface area contributed by atoms with Crippen molar-refractivity contribution >= 4 is 5.69 Å². The topological polar surface area (TPSA) is 45.4 Å². The summed E-state index contributed by atoms with van der Waals surface area (Å²) in [5.74, 6) is 2.73. The second-order valence-electron chi connectivity index (χ2n) is 8.14. The fourth-order valence-corrected chi connectivity index (χ4v) is 4.35. The standard InChI is InChI=1S/C21H30N4O/c1-24(2)19-10-8-17(9-11-19)20-22-23-21(26-20)18-12-13-25(15-18)14-16-6-4-3-5-7-16/h8-11,16,18H,3-7,12-15H2,1-2H3/t18-/m0/s1. The molecule has 1 aliphatic carbocycles. The zero-order valence-corrected chi connectivity index (χ0v) is 16.0. The van der Waals surface area contributed by atoms with E-state index in [0.717, 1.165) is 36.9 Å². The molecule has 140 valence electrons. The van der Waals surface area contributed by atoms with Crippen LogP contribution in [-0.4, -0.2) is 48.8 Å². The molecule has 5 nitrogen and oxygen atoms in total. The summed E-state index contributed by atoms with van der Waals surface area (Å²) >= 11 is 0. The number of anilines is 1. The molecular weight excluding hydrogens is 324 g/mol. The Balaban J connectivity index is 1.37. The third kappa shape index (κ3) is 3.93. The lowest BCUT2D eigenvalue weighted by atomic mass is 9.89. The fourth-order valence-electron chi connectivity index (χ4n) is 4.35. The summed E-state index contributed by atoms with van der Waals surface area (Å²) < 4.78 is 6.03. The number of hydrogen-bond acceptors (Lipinski definition) is 5. The highest BCUT2D eigenvalue weighted by Gasteiger charge is 2.30. The van der Waals surface area contributed by atoms with Crippen LogP contribution in [0.15, 0.2) is 28.7 Å². The molecule has 1 aromatic carbocycles. The van der Waals surface area contributed by atoms with Crippen molar-refractivity contribution in [3.63, 3.8) is 0 Å². The molecule has 4 rings (SSSR count). The van der Waals surface area contributed by atoms with E-state index in [1.54, 1.807) is 0 Å². The van der Waals surface area contributed by atoms with Crippen LogP contribution in [0, 0.1) is 5.92 Å². The Morgan fingerprint density at radius 1 is 1.04 bits per heavy atom. The van der Waals surface area contributed by atoms with E-state index in [2.05, 4.69) is 44.3 Å². The highest BCUT2D eigenvalue weighted by atomic mass is 16.4. The Labute approximate surface area is 156 Å². The third-order valence-electron chi connectivity index (χ3n) is 5.93. The molecule has 1 saturated heterocycles. The van der Waals surface area contributed by atoms with Crippen LogP contribution in [0.4, 0.5) is 5.69 Å². The lowest BCUT2D eigenvalue weighted by Gasteiger charge is -2.26. The normalized spacial score (nSPS) is 22.0. The summed E-state index contributed by atoms with van der Waals surface area (Å²) in [7, 11) is 4.08. The SMILES string of the molecule is CN(C)c1ccc(-c2nnc([C@H]3CCN(CC4CCCCC4)C3)o2)cc1. The molecule has 1 saturated carbocycles. The van der Waals surface area contributed by atoms with Crippen LogP contribution in [0.1, 0.15) is 50.3 Å². The molecule has 26 heavy (non-hydrogen) atoms. The van der Waals surface area contributed by atoms with Gasteiger partial charge in [0.25, 0.3) is 0 Å². The number of nitrogens with zero attached hydrogens (tertiary/aromatic N) is 4. The van der Waals surface area contributed by atoms with Crippen LogP contribution < -0.4 is 4.90 Å². The molecule has 1 aromatic heterocycles. The van der Waals surface area contributed by atoms with Gasteiger partial charge in [-0.05, 0) is 56.0 Å². The first-order chi connectivity index (χ1) is 12.7. The average molecular weight is 354 g/mol. The minimum Gasteiger partial charge on any atom is -0.420 e. The summed E-state index contributed by atoms with van der Waals surface area (Å²) in [6.45, 7) is 3.48. The zero-order chi connectivity index (χ0) is 17.9. The maximum absolute atomic E-state index is 6.03. The second kappa shape index (κ2) is 7.78. The highest BCUT2D eigenvalue weighted by molar-refractivity contribution is 5.58. The van der Waals surface area contributed by atoms with E-state index in [1.807, 2.05) is 14.1 Å². The minimum atomic E-state index is 0.390. The molecule has 1 atom stereocenters.